The van der Waals surface area contributed by atoms with Gasteiger partial charge in [0.15, 0.2) is 0 Å². The zero-order chi connectivity index (χ0) is 27.4. The maximum absolute atomic E-state index is 13.6. The predicted octanol–water partition coefficient (Wildman–Crippen LogP) is 6.28. The number of carbonyl (C=O) groups is 1. The van der Waals surface area contributed by atoms with E-state index in [2.05, 4.69) is 15.2 Å². The van der Waals surface area contributed by atoms with Crippen LogP contribution in [-0.2, 0) is 6.18 Å². The van der Waals surface area contributed by atoms with E-state index >= 15 is 0 Å². The van der Waals surface area contributed by atoms with Gasteiger partial charge in [-0.3, -0.25) is 4.90 Å². The number of carbonyl (C=O) groups excluding carboxylic acids is 1. The average molecular weight is 550 g/mol. The van der Waals surface area contributed by atoms with Crippen molar-refractivity contribution in [3.05, 3.63) is 59.2 Å². The molecule has 2 aromatic carbocycles. The molecule has 2 fully saturated rings. The lowest BCUT2D eigenvalue weighted by molar-refractivity contribution is -0.137. The van der Waals surface area contributed by atoms with Gasteiger partial charge in [0.2, 0.25) is 0 Å². The number of nitrogens with zero attached hydrogens (tertiary/aromatic N) is 3. The SMILES string of the molecule is CC.NC(=O)N1CC2CC1CN2CCCOc1cc(Nc2cc(Cl)nc3ccccc23)cc(C(F)(F)F)c1. The monoisotopic (exact) mass is 549 g/mol. The molecule has 2 amide bonds. The molecule has 2 aliphatic heterocycles. The summed E-state index contributed by atoms with van der Waals surface area (Å²) >= 11 is 6.13. The Labute approximate surface area is 224 Å². The molecule has 0 radical (unpaired) electrons. The van der Waals surface area contributed by atoms with E-state index in [4.69, 9.17) is 22.1 Å². The lowest BCUT2D eigenvalue weighted by Crippen LogP contribution is -2.50. The Balaban J connectivity index is 0.00000164. The highest BCUT2D eigenvalue weighted by atomic mass is 35.5. The first-order chi connectivity index (χ1) is 18.2. The van der Waals surface area contributed by atoms with Gasteiger partial charge in [-0.05, 0) is 37.1 Å². The van der Waals surface area contributed by atoms with E-state index in [0.29, 0.717) is 24.2 Å². The number of para-hydroxylation sites is 1. The number of benzene rings is 2. The molecule has 2 unspecified atom stereocenters. The maximum atomic E-state index is 13.6. The lowest BCUT2D eigenvalue weighted by Gasteiger charge is -2.33. The van der Waals surface area contributed by atoms with E-state index in [1.54, 1.807) is 23.1 Å². The van der Waals surface area contributed by atoms with Crippen molar-refractivity contribution >= 4 is 39.9 Å². The number of anilines is 2. The summed E-state index contributed by atoms with van der Waals surface area (Å²) in [7, 11) is 0. The summed E-state index contributed by atoms with van der Waals surface area (Å²) in [5.74, 6) is 0.125. The Bertz CT molecular complexity index is 1290. The third-order valence-electron chi connectivity index (χ3n) is 6.69. The number of fused-ring (bicyclic) bond motifs is 3. The number of hydrogen-bond acceptors (Lipinski definition) is 5. The van der Waals surface area contributed by atoms with E-state index < -0.39 is 11.7 Å². The third-order valence-corrected chi connectivity index (χ3v) is 6.89. The Kier molecular flexibility index (Phi) is 8.52. The van der Waals surface area contributed by atoms with E-state index in [0.717, 1.165) is 37.0 Å². The van der Waals surface area contributed by atoms with E-state index in [1.165, 1.54) is 0 Å². The van der Waals surface area contributed by atoms with Crippen molar-refractivity contribution in [1.29, 1.82) is 0 Å². The van der Waals surface area contributed by atoms with E-state index in [1.807, 2.05) is 32.0 Å². The van der Waals surface area contributed by atoms with Gasteiger partial charge in [0.1, 0.15) is 10.9 Å². The second-order valence-corrected chi connectivity index (χ2v) is 9.50. The predicted molar refractivity (Wildman–Crippen MR) is 143 cm³/mol. The van der Waals surface area contributed by atoms with Crippen LogP contribution in [0.15, 0.2) is 48.5 Å². The lowest BCUT2D eigenvalue weighted by atomic mass is 10.1. The number of piperazine rings is 1. The van der Waals surface area contributed by atoms with Gasteiger partial charge in [-0.1, -0.05) is 43.6 Å². The number of halogens is 4. The summed E-state index contributed by atoms with van der Waals surface area (Å²) in [5.41, 5.74) is 6.01. The molecule has 1 aromatic heterocycles. The minimum Gasteiger partial charge on any atom is -0.493 e. The second kappa shape index (κ2) is 11.7. The standard InChI is InChI=1S/C25H25ClF3N5O2.C2H6/c26-23-12-22(20-4-1-2-5-21(20)32-23)31-16-8-15(25(27,28)29)9-19(10-16)36-7-3-6-33-13-18-11-17(33)14-34(18)24(30)35;1-2/h1-2,4-5,8-10,12,17-18H,3,6-7,11,13-14H2,(H2,30,35)(H,31,32);1-2H3. The number of pyridine rings is 1. The van der Waals surface area contributed by atoms with Gasteiger partial charge in [0.25, 0.3) is 0 Å². The van der Waals surface area contributed by atoms with Crippen LogP contribution in [0.4, 0.5) is 29.3 Å². The fourth-order valence-corrected chi connectivity index (χ4v) is 5.27. The first-order valence-electron chi connectivity index (χ1n) is 12.6. The van der Waals surface area contributed by atoms with Crippen LogP contribution >= 0.6 is 11.6 Å². The van der Waals surface area contributed by atoms with E-state index in [-0.39, 0.29) is 41.3 Å². The highest BCUT2D eigenvalue weighted by Gasteiger charge is 2.44. The molecule has 5 rings (SSSR count). The highest BCUT2D eigenvalue weighted by Crippen LogP contribution is 2.36. The summed E-state index contributed by atoms with van der Waals surface area (Å²) < 4.78 is 46.6. The average Bonchev–Trinajstić information content (AvgIpc) is 3.48. The number of nitrogens with one attached hydrogen (secondary N) is 1. The van der Waals surface area contributed by atoms with Gasteiger partial charge in [-0.2, -0.15) is 13.2 Å². The molecule has 3 N–H and O–H groups in total. The maximum Gasteiger partial charge on any atom is 0.416 e. The molecule has 11 heteroatoms. The number of nitrogens with two attached hydrogens (primary N) is 1. The Morgan fingerprint density at radius 1 is 1.16 bits per heavy atom. The second-order valence-electron chi connectivity index (χ2n) is 9.11. The van der Waals surface area contributed by atoms with Gasteiger partial charge in [0, 0.05) is 48.9 Å². The van der Waals surface area contributed by atoms with Crippen molar-refractivity contribution in [1.82, 2.24) is 14.8 Å². The number of alkyl halides is 3. The quantitative estimate of drug-likeness (QED) is 0.267. The number of hydrogen-bond donors (Lipinski definition) is 2. The van der Waals surface area contributed by atoms with Crippen LogP contribution in [0.5, 0.6) is 5.75 Å². The summed E-state index contributed by atoms with van der Waals surface area (Å²) in [5, 5.41) is 4.02. The van der Waals surface area contributed by atoms with Crippen LogP contribution in [0.1, 0.15) is 32.3 Å². The van der Waals surface area contributed by atoms with Crippen molar-refractivity contribution in [3.63, 3.8) is 0 Å². The minimum atomic E-state index is -4.53. The Hall–Kier alpha value is -3.24. The topological polar surface area (TPSA) is 83.7 Å². The third kappa shape index (κ3) is 6.24. The van der Waals surface area contributed by atoms with Crippen molar-refractivity contribution in [2.75, 3.05) is 31.6 Å². The summed E-state index contributed by atoms with van der Waals surface area (Å²) in [6.45, 7) is 6.38. The van der Waals surface area contributed by atoms with Gasteiger partial charge < -0.3 is 20.7 Å². The molecule has 2 saturated heterocycles. The molecule has 0 aliphatic carbocycles. The van der Waals surface area contributed by atoms with Crippen LogP contribution in [0, 0.1) is 0 Å². The molecule has 0 saturated carbocycles. The number of primary amides is 1. The Morgan fingerprint density at radius 2 is 1.92 bits per heavy atom. The van der Waals surface area contributed by atoms with Crippen LogP contribution in [-0.4, -0.2) is 59.1 Å². The van der Waals surface area contributed by atoms with Crippen molar-refractivity contribution in [2.24, 2.45) is 5.73 Å². The molecule has 3 heterocycles. The molecule has 7 nitrogen and oxygen atoms in total. The minimum absolute atomic E-state index is 0.125. The van der Waals surface area contributed by atoms with Gasteiger partial charge in [-0.15, -0.1) is 0 Å². The highest BCUT2D eigenvalue weighted by molar-refractivity contribution is 6.30. The van der Waals surface area contributed by atoms with Crippen LogP contribution in [0.3, 0.4) is 0 Å². The molecule has 2 bridgehead atoms. The van der Waals surface area contributed by atoms with E-state index in [9.17, 15) is 18.0 Å². The molecule has 38 heavy (non-hydrogen) atoms. The first kappa shape index (κ1) is 27.8. The van der Waals surface area contributed by atoms with Crippen molar-refractivity contribution in [2.45, 2.75) is 44.9 Å². The molecule has 2 atom stereocenters. The number of ether oxygens (including phenoxy) is 1. The molecule has 3 aromatic rings. The summed E-state index contributed by atoms with van der Waals surface area (Å²) in [4.78, 5) is 19.7. The molecule has 0 spiro atoms. The number of amides is 2. The first-order valence-corrected chi connectivity index (χ1v) is 13.0. The Morgan fingerprint density at radius 3 is 2.61 bits per heavy atom. The fraction of sp³-hybridized carbons (Fsp3) is 0.407. The number of rotatable bonds is 7. The largest absolute Gasteiger partial charge is 0.493 e. The zero-order valence-corrected chi connectivity index (χ0v) is 22.0. The van der Waals surface area contributed by atoms with Gasteiger partial charge >= 0.3 is 12.2 Å². The molecular weight excluding hydrogens is 519 g/mol. The van der Waals surface area contributed by atoms with Crippen molar-refractivity contribution < 1.29 is 22.7 Å². The van der Waals surface area contributed by atoms with Gasteiger partial charge in [0.05, 0.1) is 23.4 Å². The summed E-state index contributed by atoms with van der Waals surface area (Å²) in [6, 6.07) is 12.4. The number of urea groups is 1. The van der Waals surface area contributed by atoms with Gasteiger partial charge in [-0.25, -0.2) is 9.78 Å². The molecule has 204 valence electrons. The fourth-order valence-electron chi connectivity index (χ4n) is 5.07. The van der Waals surface area contributed by atoms with Crippen LogP contribution in [0.2, 0.25) is 5.15 Å². The normalized spacial score (nSPS) is 18.8. The smallest absolute Gasteiger partial charge is 0.416 e. The molecule has 2 aliphatic rings. The number of aromatic nitrogens is 1. The van der Waals surface area contributed by atoms with Crippen molar-refractivity contribution in [3.8, 4) is 5.75 Å². The van der Waals surface area contributed by atoms with Crippen LogP contribution < -0.4 is 15.8 Å². The molecular formula is C27H31ClF3N5O2. The number of likely N-dealkylation sites (tertiary alicyclic amines) is 2. The zero-order valence-electron chi connectivity index (χ0n) is 21.3. The van der Waals surface area contributed by atoms with Crippen LogP contribution in [0.25, 0.3) is 10.9 Å². The summed E-state index contributed by atoms with van der Waals surface area (Å²) in [6.07, 6.45) is -2.99.